The topological polar surface area (TPSA) is 73.8 Å². The fourth-order valence-electron chi connectivity index (χ4n) is 3.26. The van der Waals surface area contributed by atoms with Gasteiger partial charge in [-0.25, -0.2) is 8.42 Å². The molecule has 6 nitrogen and oxygen atoms in total. The molecule has 0 aromatic heterocycles. The van der Waals surface area contributed by atoms with E-state index in [1.54, 1.807) is 29.6 Å². The molecule has 156 valence electrons. The van der Waals surface area contributed by atoms with Crippen LogP contribution in [0.3, 0.4) is 0 Å². The largest absolute Gasteiger partial charge is 0.352 e. The number of halogens is 1. The van der Waals surface area contributed by atoms with E-state index in [0.29, 0.717) is 42.1 Å². The van der Waals surface area contributed by atoms with Gasteiger partial charge in [0, 0.05) is 38.2 Å². The molecule has 1 heterocycles. The van der Waals surface area contributed by atoms with Crippen LogP contribution < -0.4 is 10.6 Å². The van der Waals surface area contributed by atoms with E-state index in [0.717, 1.165) is 30.4 Å². The first kappa shape index (κ1) is 21.6. The van der Waals surface area contributed by atoms with Crippen LogP contribution in [0.4, 0.5) is 0 Å². The van der Waals surface area contributed by atoms with Gasteiger partial charge in [-0.2, -0.15) is 4.31 Å². The Labute approximate surface area is 178 Å². The molecule has 29 heavy (non-hydrogen) atoms. The summed E-state index contributed by atoms with van der Waals surface area (Å²) in [5.41, 5.74) is 1.98. The van der Waals surface area contributed by atoms with Crippen LogP contribution >= 0.6 is 11.6 Å². The number of hydrogen-bond acceptors (Lipinski definition) is 3. The van der Waals surface area contributed by atoms with Crippen LogP contribution in [0.15, 0.2) is 58.4 Å². The Morgan fingerprint density at radius 2 is 1.66 bits per heavy atom. The molecular weight excluding hydrogens is 408 g/mol. The summed E-state index contributed by atoms with van der Waals surface area (Å²) < 4.78 is 27.3. The first-order chi connectivity index (χ1) is 14.0. The Bertz CT molecular complexity index is 939. The van der Waals surface area contributed by atoms with E-state index in [9.17, 15) is 8.42 Å². The molecule has 1 aliphatic rings. The van der Waals surface area contributed by atoms with Crippen LogP contribution in [-0.4, -0.2) is 38.8 Å². The smallest absolute Gasteiger partial charge is 0.243 e. The molecule has 2 N–H and O–H groups in total. The third kappa shape index (κ3) is 5.95. The van der Waals surface area contributed by atoms with Gasteiger partial charge in [0.2, 0.25) is 10.0 Å². The normalized spacial score (nSPS) is 15.9. The summed E-state index contributed by atoms with van der Waals surface area (Å²) in [4.78, 5) is 4.57. The van der Waals surface area contributed by atoms with E-state index < -0.39 is 10.0 Å². The fourth-order valence-corrected chi connectivity index (χ4v) is 4.98. The molecule has 0 radical (unpaired) electrons. The Hall–Kier alpha value is -2.09. The lowest BCUT2D eigenvalue weighted by Crippen LogP contribution is -2.36. The first-order valence-corrected chi connectivity index (χ1v) is 11.6. The third-order valence-corrected chi connectivity index (χ3v) is 7.05. The first-order valence-electron chi connectivity index (χ1n) is 9.77. The number of benzene rings is 2. The summed E-state index contributed by atoms with van der Waals surface area (Å²) >= 11 is 5.91. The zero-order valence-electron chi connectivity index (χ0n) is 16.6. The minimum Gasteiger partial charge on any atom is -0.352 e. The van der Waals surface area contributed by atoms with Crippen molar-refractivity contribution in [3.8, 4) is 0 Å². The van der Waals surface area contributed by atoms with Crippen molar-refractivity contribution in [3.63, 3.8) is 0 Å². The van der Waals surface area contributed by atoms with Gasteiger partial charge in [-0.1, -0.05) is 42.3 Å². The highest BCUT2D eigenvalue weighted by molar-refractivity contribution is 7.89. The molecule has 0 amide bonds. The number of sulfonamides is 1. The highest BCUT2D eigenvalue weighted by Crippen LogP contribution is 2.21. The molecular formula is C21H27ClN4O2S. The monoisotopic (exact) mass is 434 g/mol. The Morgan fingerprint density at radius 1 is 1.00 bits per heavy atom. The van der Waals surface area contributed by atoms with Gasteiger partial charge in [0.15, 0.2) is 5.96 Å². The standard InChI is InChI=1S/C21H27ClN4O2S/c1-23-21(24-15-17-8-10-19(22)11-9-17)25-16-18-6-5-7-20(14-18)29(27,28)26-12-3-2-4-13-26/h5-11,14H,2-4,12-13,15-16H2,1H3,(H2,23,24,25). The Morgan fingerprint density at radius 3 is 2.31 bits per heavy atom. The van der Waals surface area contributed by atoms with E-state index in [4.69, 9.17) is 11.6 Å². The molecule has 0 aliphatic carbocycles. The Balaban J connectivity index is 1.59. The van der Waals surface area contributed by atoms with Crippen molar-refractivity contribution < 1.29 is 8.42 Å². The lowest BCUT2D eigenvalue weighted by Gasteiger charge is -2.26. The third-order valence-electron chi connectivity index (χ3n) is 4.91. The molecule has 0 unspecified atom stereocenters. The van der Waals surface area contributed by atoms with Crippen molar-refractivity contribution in [2.75, 3.05) is 20.1 Å². The molecule has 8 heteroatoms. The maximum Gasteiger partial charge on any atom is 0.243 e. The molecule has 0 spiro atoms. The van der Waals surface area contributed by atoms with Crippen molar-refractivity contribution in [1.82, 2.24) is 14.9 Å². The summed E-state index contributed by atoms with van der Waals surface area (Å²) in [6.07, 6.45) is 2.95. The highest BCUT2D eigenvalue weighted by atomic mass is 35.5. The lowest BCUT2D eigenvalue weighted by molar-refractivity contribution is 0.346. The van der Waals surface area contributed by atoms with Crippen LogP contribution in [0.2, 0.25) is 5.02 Å². The number of aliphatic imine (C=N–C) groups is 1. The van der Waals surface area contributed by atoms with Gasteiger partial charge in [0.1, 0.15) is 0 Å². The van der Waals surface area contributed by atoms with E-state index in [1.807, 2.05) is 30.3 Å². The van der Waals surface area contributed by atoms with Crippen LogP contribution in [-0.2, 0) is 23.1 Å². The van der Waals surface area contributed by atoms with Gasteiger partial charge in [0.05, 0.1) is 4.90 Å². The number of piperidine rings is 1. The molecule has 1 fully saturated rings. The minimum absolute atomic E-state index is 0.350. The van der Waals surface area contributed by atoms with E-state index in [-0.39, 0.29) is 0 Å². The lowest BCUT2D eigenvalue weighted by atomic mass is 10.2. The summed E-state index contributed by atoms with van der Waals surface area (Å²) in [5.74, 6) is 0.643. The van der Waals surface area contributed by atoms with Gasteiger partial charge < -0.3 is 10.6 Å². The molecule has 2 aromatic rings. The zero-order valence-corrected chi connectivity index (χ0v) is 18.1. The number of rotatable bonds is 6. The van der Waals surface area contributed by atoms with Crippen molar-refractivity contribution in [2.24, 2.45) is 4.99 Å². The molecule has 0 saturated carbocycles. The average Bonchev–Trinajstić information content (AvgIpc) is 2.76. The van der Waals surface area contributed by atoms with E-state index in [1.165, 1.54) is 0 Å². The molecule has 1 saturated heterocycles. The maximum atomic E-state index is 12.9. The number of hydrogen-bond donors (Lipinski definition) is 2. The van der Waals surface area contributed by atoms with Crippen molar-refractivity contribution in [2.45, 2.75) is 37.2 Å². The Kier molecular flexibility index (Phi) is 7.52. The highest BCUT2D eigenvalue weighted by Gasteiger charge is 2.25. The predicted octanol–water partition coefficient (Wildman–Crippen LogP) is 3.38. The zero-order chi connectivity index (χ0) is 20.7. The van der Waals surface area contributed by atoms with Crippen LogP contribution in [0.25, 0.3) is 0 Å². The van der Waals surface area contributed by atoms with Crippen molar-refractivity contribution >= 4 is 27.6 Å². The van der Waals surface area contributed by atoms with Gasteiger partial charge in [-0.15, -0.1) is 0 Å². The quantitative estimate of drug-likeness (QED) is 0.540. The molecule has 0 bridgehead atoms. The second-order valence-electron chi connectivity index (χ2n) is 7.02. The van der Waals surface area contributed by atoms with Gasteiger partial charge in [-0.05, 0) is 48.2 Å². The average molecular weight is 435 g/mol. The molecule has 2 aromatic carbocycles. The molecule has 0 atom stereocenters. The second kappa shape index (κ2) is 10.1. The summed E-state index contributed by atoms with van der Waals surface area (Å²) in [6, 6.07) is 14.7. The summed E-state index contributed by atoms with van der Waals surface area (Å²) in [6.45, 7) is 2.29. The van der Waals surface area contributed by atoms with Crippen LogP contribution in [0.1, 0.15) is 30.4 Å². The molecule has 1 aliphatic heterocycles. The van der Waals surface area contributed by atoms with E-state index in [2.05, 4.69) is 15.6 Å². The predicted molar refractivity (Wildman–Crippen MR) is 118 cm³/mol. The van der Waals surface area contributed by atoms with Crippen molar-refractivity contribution in [3.05, 3.63) is 64.7 Å². The van der Waals surface area contributed by atoms with Crippen LogP contribution in [0, 0.1) is 0 Å². The number of guanidine groups is 1. The number of nitrogens with one attached hydrogen (secondary N) is 2. The van der Waals surface area contributed by atoms with Gasteiger partial charge in [0.25, 0.3) is 0 Å². The van der Waals surface area contributed by atoms with Gasteiger partial charge in [-0.3, -0.25) is 4.99 Å². The van der Waals surface area contributed by atoms with Crippen molar-refractivity contribution in [1.29, 1.82) is 0 Å². The summed E-state index contributed by atoms with van der Waals surface area (Å²) in [5, 5.41) is 7.18. The van der Waals surface area contributed by atoms with Crippen LogP contribution in [0.5, 0.6) is 0 Å². The fraction of sp³-hybridized carbons (Fsp3) is 0.381. The number of nitrogens with zero attached hydrogens (tertiary/aromatic N) is 2. The van der Waals surface area contributed by atoms with E-state index >= 15 is 0 Å². The second-order valence-corrected chi connectivity index (χ2v) is 9.39. The minimum atomic E-state index is -3.43. The maximum absolute atomic E-state index is 12.9. The summed E-state index contributed by atoms with van der Waals surface area (Å²) in [7, 11) is -1.73. The van der Waals surface area contributed by atoms with Gasteiger partial charge >= 0.3 is 0 Å². The molecule has 3 rings (SSSR count). The SMILES string of the molecule is CN=C(NCc1ccc(Cl)cc1)NCc1cccc(S(=O)(=O)N2CCCCC2)c1.